The minimum atomic E-state index is -0.370. The zero-order chi connectivity index (χ0) is 24.2. The summed E-state index contributed by atoms with van der Waals surface area (Å²) in [5, 5.41) is 4.38. The number of methoxy groups -OCH3 is 1. The minimum absolute atomic E-state index is 0.290. The van der Waals surface area contributed by atoms with Gasteiger partial charge in [0.15, 0.2) is 5.84 Å². The number of halogens is 2. The fourth-order valence-electron chi connectivity index (χ4n) is 4.15. The quantitative estimate of drug-likeness (QED) is 0.505. The number of imidazole rings is 1. The fourth-order valence-corrected chi connectivity index (χ4v) is 4.70. The molecular formula is C25H27BrFN5O2. The highest BCUT2D eigenvalue weighted by molar-refractivity contribution is 9.10. The SMILES string of the molecule is CN.COc1cc(/C=C2\CCCN3C2=NO[C@H]3c2ccc(F)cc2Br)ccc1-n1cnc(C)c1. The third-order valence-corrected chi connectivity index (χ3v) is 6.38. The van der Waals surface area contributed by atoms with E-state index in [4.69, 9.17) is 9.57 Å². The number of ether oxygens (including phenoxy) is 1. The highest BCUT2D eigenvalue weighted by atomic mass is 79.9. The molecular weight excluding hydrogens is 501 g/mol. The average molecular weight is 528 g/mol. The molecule has 7 nitrogen and oxygen atoms in total. The summed E-state index contributed by atoms with van der Waals surface area (Å²) in [4.78, 5) is 12.2. The Labute approximate surface area is 206 Å². The molecule has 9 heteroatoms. The summed E-state index contributed by atoms with van der Waals surface area (Å²) >= 11 is 3.45. The van der Waals surface area contributed by atoms with Crippen LogP contribution in [0.25, 0.3) is 11.8 Å². The Morgan fingerprint density at radius 2 is 2.06 bits per heavy atom. The monoisotopic (exact) mass is 527 g/mol. The van der Waals surface area contributed by atoms with Crippen LogP contribution in [0.5, 0.6) is 5.75 Å². The van der Waals surface area contributed by atoms with Crippen molar-refractivity contribution in [1.29, 1.82) is 0 Å². The molecule has 2 aromatic carbocycles. The standard InChI is InChI=1S/C24H22BrFN4O2.CH5N/c1-15-13-29(14-27-15)21-8-5-16(11-22(21)31-2)10-17-4-3-9-30-23(17)28-32-24(30)19-7-6-18(26)12-20(19)25;1-2/h5-8,10-14,24H,3-4,9H2,1-2H3;2H2,1H3/b17-10+;/t24-;/m0./s1. The Kier molecular flexibility index (Phi) is 7.33. The number of rotatable bonds is 4. The van der Waals surface area contributed by atoms with Gasteiger partial charge in [0.1, 0.15) is 11.6 Å². The number of hydrogen-bond acceptors (Lipinski definition) is 6. The van der Waals surface area contributed by atoms with Gasteiger partial charge in [-0.3, -0.25) is 0 Å². The summed E-state index contributed by atoms with van der Waals surface area (Å²) in [6, 6.07) is 10.7. The van der Waals surface area contributed by atoms with Crippen LogP contribution in [0.2, 0.25) is 0 Å². The third-order valence-electron chi connectivity index (χ3n) is 5.69. The van der Waals surface area contributed by atoms with Gasteiger partial charge in [0, 0.05) is 22.8 Å². The molecule has 1 aromatic heterocycles. The second-order valence-electron chi connectivity index (χ2n) is 7.86. The molecule has 0 bridgehead atoms. The maximum atomic E-state index is 13.5. The van der Waals surface area contributed by atoms with Gasteiger partial charge >= 0.3 is 0 Å². The molecule has 1 saturated heterocycles. The van der Waals surface area contributed by atoms with E-state index < -0.39 is 0 Å². The topological polar surface area (TPSA) is 77.9 Å². The largest absolute Gasteiger partial charge is 0.495 e. The zero-order valence-electron chi connectivity index (χ0n) is 19.3. The lowest BCUT2D eigenvalue weighted by molar-refractivity contribution is 0.00730. The molecule has 1 fully saturated rings. The Hall–Kier alpha value is -3.17. The number of nitrogens with two attached hydrogens (primary N) is 1. The number of piperidine rings is 1. The van der Waals surface area contributed by atoms with Gasteiger partial charge in [0.2, 0.25) is 6.23 Å². The smallest absolute Gasteiger partial charge is 0.228 e. The van der Waals surface area contributed by atoms with Crippen LogP contribution < -0.4 is 10.5 Å². The van der Waals surface area contributed by atoms with Crippen LogP contribution in [0.15, 0.2) is 64.1 Å². The Morgan fingerprint density at radius 3 is 2.76 bits per heavy atom. The molecule has 0 amide bonds. The molecule has 5 rings (SSSR count). The highest BCUT2D eigenvalue weighted by Gasteiger charge is 2.36. The summed E-state index contributed by atoms with van der Waals surface area (Å²) in [6.45, 7) is 2.78. The first-order valence-corrected chi connectivity index (χ1v) is 11.8. The normalized spacial score (nSPS) is 18.1. The maximum Gasteiger partial charge on any atom is 0.228 e. The number of fused-ring (bicyclic) bond motifs is 1. The summed E-state index contributed by atoms with van der Waals surface area (Å²) in [5.41, 5.74) is 9.36. The van der Waals surface area contributed by atoms with Crippen LogP contribution >= 0.6 is 15.9 Å². The number of aromatic nitrogens is 2. The lowest BCUT2D eigenvalue weighted by Gasteiger charge is -2.30. The van der Waals surface area contributed by atoms with E-state index in [0.29, 0.717) is 4.47 Å². The van der Waals surface area contributed by atoms with E-state index in [2.05, 4.69) is 48.8 Å². The summed E-state index contributed by atoms with van der Waals surface area (Å²) < 4.78 is 21.8. The molecule has 1 atom stereocenters. The van der Waals surface area contributed by atoms with E-state index in [0.717, 1.165) is 59.1 Å². The second-order valence-corrected chi connectivity index (χ2v) is 8.71. The summed E-state index contributed by atoms with van der Waals surface area (Å²) in [6.07, 6.45) is 7.39. The van der Waals surface area contributed by atoms with E-state index in [1.54, 1.807) is 19.5 Å². The maximum absolute atomic E-state index is 13.5. The number of aryl methyl sites for hydroxylation is 1. The van der Waals surface area contributed by atoms with Gasteiger partial charge in [0.05, 0.1) is 24.8 Å². The molecule has 0 aliphatic carbocycles. The summed E-state index contributed by atoms with van der Waals surface area (Å²) in [7, 11) is 3.17. The summed E-state index contributed by atoms with van der Waals surface area (Å²) in [5.74, 6) is 1.30. The molecule has 2 aliphatic heterocycles. The van der Waals surface area contributed by atoms with Crippen molar-refractivity contribution >= 4 is 27.8 Å². The molecule has 3 heterocycles. The Bertz CT molecular complexity index is 1240. The van der Waals surface area contributed by atoms with Gasteiger partial charge < -0.3 is 24.8 Å². The first-order valence-electron chi connectivity index (χ1n) is 11.0. The van der Waals surface area contributed by atoms with Crippen LogP contribution in [0.3, 0.4) is 0 Å². The van der Waals surface area contributed by atoms with Crippen molar-refractivity contribution in [3.63, 3.8) is 0 Å². The third kappa shape index (κ3) is 4.71. The Morgan fingerprint density at radius 1 is 1.24 bits per heavy atom. The lowest BCUT2D eigenvalue weighted by Crippen LogP contribution is -2.36. The average Bonchev–Trinajstić information content (AvgIpc) is 3.47. The van der Waals surface area contributed by atoms with Gasteiger partial charge in [-0.2, -0.15) is 0 Å². The van der Waals surface area contributed by atoms with E-state index in [1.807, 2.05) is 29.8 Å². The van der Waals surface area contributed by atoms with Crippen LogP contribution in [0.4, 0.5) is 4.39 Å². The van der Waals surface area contributed by atoms with E-state index in [1.165, 1.54) is 19.2 Å². The van der Waals surface area contributed by atoms with Crippen LogP contribution in [0, 0.1) is 12.7 Å². The zero-order valence-corrected chi connectivity index (χ0v) is 20.9. The predicted molar refractivity (Wildman–Crippen MR) is 134 cm³/mol. The Balaban J connectivity index is 0.00000133. The van der Waals surface area contributed by atoms with E-state index >= 15 is 0 Å². The van der Waals surface area contributed by atoms with Gasteiger partial charge in [-0.25, -0.2) is 9.37 Å². The van der Waals surface area contributed by atoms with Crippen molar-refractivity contribution in [3.8, 4) is 11.4 Å². The molecule has 34 heavy (non-hydrogen) atoms. The van der Waals surface area contributed by atoms with Crippen molar-refractivity contribution < 1.29 is 14.0 Å². The molecule has 3 aromatic rings. The molecule has 178 valence electrons. The van der Waals surface area contributed by atoms with E-state index in [-0.39, 0.29) is 12.0 Å². The first kappa shape index (κ1) is 24.0. The van der Waals surface area contributed by atoms with Crippen molar-refractivity contribution in [2.45, 2.75) is 26.0 Å². The van der Waals surface area contributed by atoms with Crippen LogP contribution in [-0.2, 0) is 4.84 Å². The number of amidine groups is 1. The second kappa shape index (κ2) is 10.4. The molecule has 2 N–H and O–H groups in total. The molecule has 0 radical (unpaired) electrons. The number of hydrogen-bond donors (Lipinski definition) is 1. The van der Waals surface area contributed by atoms with Crippen molar-refractivity contribution in [2.24, 2.45) is 10.9 Å². The molecule has 2 aliphatic rings. The number of oxime groups is 1. The van der Waals surface area contributed by atoms with Crippen molar-refractivity contribution in [3.05, 3.63) is 81.6 Å². The van der Waals surface area contributed by atoms with Crippen LogP contribution in [-0.4, -0.2) is 41.0 Å². The van der Waals surface area contributed by atoms with Gasteiger partial charge in [0.25, 0.3) is 0 Å². The molecule has 0 spiro atoms. The highest BCUT2D eigenvalue weighted by Crippen LogP contribution is 2.38. The van der Waals surface area contributed by atoms with Crippen molar-refractivity contribution in [1.82, 2.24) is 14.5 Å². The predicted octanol–water partition coefficient (Wildman–Crippen LogP) is 5.19. The van der Waals surface area contributed by atoms with E-state index in [9.17, 15) is 4.39 Å². The van der Waals surface area contributed by atoms with Crippen molar-refractivity contribution in [2.75, 3.05) is 20.7 Å². The minimum Gasteiger partial charge on any atom is -0.495 e. The number of benzene rings is 2. The van der Waals surface area contributed by atoms with Crippen LogP contribution in [0.1, 0.15) is 35.9 Å². The lowest BCUT2D eigenvalue weighted by atomic mass is 9.99. The van der Waals surface area contributed by atoms with Gasteiger partial charge in [-0.05, 0) is 74.4 Å². The fraction of sp³-hybridized carbons (Fsp3) is 0.280. The van der Waals surface area contributed by atoms with Gasteiger partial charge in [-0.15, -0.1) is 0 Å². The van der Waals surface area contributed by atoms with Gasteiger partial charge in [-0.1, -0.05) is 27.2 Å². The molecule has 0 unspecified atom stereocenters. The number of nitrogens with zero attached hydrogens (tertiary/aromatic N) is 4. The molecule has 0 saturated carbocycles. The first-order chi connectivity index (χ1) is 16.5.